The highest BCUT2D eigenvalue weighted by Crippen LogP contribution is 2.14. The Labute approximate surface area is 698 Å². The molecule has 20 N–H and O–H groups in total. The Balaban J connectivity index is -0.000000453. The quantitative estimate of drug-likeness (QED) is 0.00845. The van der Waals surface area contributed by atoms with Gasteiger partial charge in [-0.1, -0.05) is 44.5 Å². The lowest BCUT2D eigenvalue weighted by atomic mass is 10.0. The van der Waals surface area contributed by atoms with Gasteiger partial charge in [0.1, 0.15) is 54.6 Å². The van der Waals surface area contributed by atoms with Crippen molar-refractivity contribution in [2.24, 2.45) is 56.8 Å². The van der Waals surface area contributed by atoms with Crippen molar-refractivity contribution in [3.8, 4) is 0 Å². The molecule has 1 aromatic carbocycles. The Morgan fingerprint density at radius 3 is 1.12 bits per heavy atom. The lowest BCUT2D eigenvalue weighted by Crippen LogP contribution is -2.45. The van der Waals surface area contributed by atoms with Crippen LogP contribution < -0.4 is 61.8 Å². The number of carbonyl (C=O) groups is 9. The number of guanidine groups is 1. The first-order chi connectivity index (χ1) is 56.7. The van der Waals surface area contributed by atoms with E-state index in [9.17, 15) is 104 Å². The second kappa shape index (κ2) is 74.6. The molecule has 5 atom stereocenters. The number of aliphatic carboxylic acids is 1. The number of carbonyl (C=O) groups excluding carboxylic acids is 8. The third kappa shape index (κ3) is 88.9. The van der Waals surface area contributed by atoms with E-state index in [0.29, 0.717) is 141 Å². The Bertz CT molecular complexity index is 3130. The van der Waals surface area contributed by atoms with Gasteiger partial charge in [-0.3, -0.25) is 33.8 Å². The van der Waals surface area contributed by atoms with E-state index in [4.69, 9.17) is 79.4 Å². The van der Waals surface area contributed by atoms with Gasteiger partial charge in [-0.05, 0) is 181 Å². The zero-order valence-electron chi connectivity index (χ0n) is 69.8. The number of ether oxygens (including phenoxy) is 7. The molecule has 121 heavy (non-hydrogen) atoms. The molecule has 1 aromatic rings. The summed E-state index contributed by atoms with van der Waals surface area (Å²) < 4.78 is 35.1. The number of esters is 5. The summed E-state index contributed by atoms with van der Waals surface area (Å²) in [7, 11) is 0. The Kier molecular flexibility index (Phi) is 72.6. The predicted molar refractivity (Wildman–Crippen MR) is 422 cm³/mol. The average Bonchev–Trinajstić information content (AvgIpc) is 0.901. The van der Waals surface area contributed by atoms with Crippen molar-refractivity contribution in [3.63, 3.8) is 0 Å². The maximum Gasteiger partial charge on any atom is 0.408 e. The highest BCUT2D eigenvalue weighted by molar-refractivity contribution is 5.82. The van der Waals surface area contributed by atoms with Crippen LogP contribution in [-0.2, 0) is 109 Å². The minimum Gasteiger partial charge on any atom is -0.481 e. The molecule has 0 radical (unpaired) electrons. The number of hydrogen-bond acceptors (Lipinski definition) is 41. The van der Waals surface area contributed by atoms with Gasteiger partial charge in [-0.25, -0.2) is 14.4 Å². The summed E-state index contributed by atoms with van der Waals surface area (Å²) in [6, 6.07) is 2.63. The standard InChI is InChI=1S/C19H29N3O7.C15H28N2O7.C10H21N5O5.C10H21N3O5.C8H14N2O7.C6H13N3O4/c1-19(2,3)29-18(24)21-11-5-4-6-16(20)17(23)27-12-14-7-9-15(10-8-14)13-28-22(25)26;1-11(2)10-12(16-14(19)24-15(3,4)5)13(18)22-8-6-7-9-23-17(20)21;11-8(4-3-5-14-10(12)13)9(16)19-6-1-2-7-20-15(17)18;11-6-2-1-5-9(12)10(14)17-7-3-4-8-18-13(15)16;9-6(5-7(11)12)8(13)16-3-1-2-4-17-10(14)15;7-5-6(10)8-3-1-2-4-13-9(11)12/h7-10,16H,4-6,11-13,20H2,1-3H3,(H,21,24);11-12H,6-10H2,1-5H3,(H,16,19);8H,1-7,11H2,(H4,12,13,14);9H,1-8,11-12H2;6H,1-5,9H2,(H,11,12);1-5,7H2,(H,8,10). The molecule has 0 saturated carbocycles. The van der Waals surface area contributed by atoms with E-state index >= 15 is 0 Å². The van der Waals surface area contributed by atoms with Crippen LogP contribution in [0.4, 0.5) is 9.59 Å². The van der Waals surface area contributed by atoms with E-state index in [1.54, 1.807) is 65.8 Å². The van der Waals surface area contributed by atoms with Crippen LogP contribution in [-0.4, -0.2) is 229 Å². The number of carboxylic acids is 1. The molecule has 0 aromatic heterocycles. The minimum absolute atomic E-state index is 0.00177. The molecular weight excluding hydrogens is 1630 g/mol. The van der Waals surface area contributed by atoms with Gasteiger partial charge in [-0.15, -0.1) is 60.7 Å². The van der Waals surface area contributed by atoms with E-state index in [1.807, 2.05) is 13.8 Å². The van der Waals surface area contributed by atoms with Crippen LogP contribution in [0.15, 0.2) is 29.3 Å². The lowest BCUT2D eigenvalue weighted by Gasteiger charge is -2.23. The van der Waals surface area contributed by atoms with Crippen LogP contribution in [0.25, 0.3) is 0 Å². The molecule has 0 bridgehead atoms. The summed E-state index contributed by atoms with van der Waals surface area (Å²) in [5.41, 5.74) is 43.1. The molecule has 0 aliphatic rings. The number of aliphatic imine (C=N–C) groups is 1. The van der Waals surface area contributed by atoms with Gasteiger partial charge in [0.15, 0.2) is 5.96 Å². The van der Waals surface area contributed by atoms with Crippen molar-refractivity contribution in [1.29, 1.82) is 0 Å². The van der Waals surface area contributed by atoms with Crippen molar-refractivity contribution >= 4 is 59.9 Å². The number of nitrogens with one attached hydrogen (secondary N) is 3. The third-order valence-corrected chi connectivity index (χ3v) is 13.8. The number of unbranched alkanes of at least 4 members (excludes halogenated alkanes) is 7. The van der Waals surface area contributed by atoms with Gasteiger partial charge in [0.25, 0.3) is 30.5 Å². The number of benzene rings is 1. The van der Waals surface area contributed by atoms with Crippen molar-refractivity contribution in [2.45, 2.75) is 238 Å². The number of rotatable bonds is 59. The largest absolute Gasteiger partial charge is 0.481 e. The second-order valence-electron chi connectivity index (χ2n) is 27.5. The van der Waals surface area contributed by atoms with Gasteiger partial charge in [0, 0.05) is 19.6 Å². The van der Waals surface area contributed by atoms with Gasteiger partial charge in [0.2, 0.25) is 5.91 Å². The summed E-state index contributed by atoms with van der Waals surface area (Å²) in [6.07, 6.45) is 8.27. The molecule has 0 saturated heterocycles. The first-order valence-corrected chi connectivity index (χ1v) is 38.2. The smallest absolute Gasteiger partial charge is 0.408 e. The van der Waals surface area contributed by atoms with Gasteiger partial charge >= 0.3 is 48.0 Å². The summed E-state index contributed by atoms with van der Waals surface area (Å²) in [6.45, 7) is 16.6. The first kappa shape index (κ1) is 118. The highest BCUT2D eigenvalue weighted by atomic mass is 17.0. The summed E-state index contributed by atoms with van der Waals surface area (Å²) in [4.78, 5) is 190. The fourth-order valence-electron chi connectivity index (χ4n) is 8.05. The molecule has 0 fully saturated rings. The van der Waals surface area contributed by atoms with Crippen LogP contribution in [0, 0.1) is 66.6 Å². The van der Waals surface area contributed by atoms with Gasteiger partial charge < -0.3 is 129 Å². The van der Waals surface area contributed by atoms with Crippen molar-refractivity contribution in [3.05, 3.63) is 96.1 Å². The predicted octanol–water partition coefficient (Wildman–Crippen LogP) is 2.16. The molecular formula is C68H126N18O35. The van der Waals surface area contributed by atoms with Crippen LogP contribution in [0.1, 0.15) is 195 Å². The molecule has 1 rings (SSSR count). The van der Waals surface area contributed by atoms with Crippen molar-refractivity contribution in [2.75, 3.05) is 92.2 Å². The number of carboxylic acid groups (broad SMARTS) is 1. The normalized spacial score (nSPS) is 11.6. The van der Waals surface area contributed by atoms with Crippen LogP contribution >= 0.6 is 0 Å². The Hall–Kier alpha value is -11.7. The summed E-state index contributed by atoms with van der Waals surface area (Å²) in [5.74, 6) is -4.06. The SMILES string of the molecule is CC(C)(C)OC(=O)NCCCCC(N)C(=O)OCc1ccc(CO[N+](=O)[O-])cc1.CC(C)CC(NC(=O)OC(C)(C)C)C(=O)OCCCCO[N+](=O)[O-].NC(CC(=O)O)C(=O)OCCCCO[N+](=O)[O-].NC(N)=NCCCC(N)C(=O)OCCCCO[N+](=O)[O-].NCC(=O)NCCCCO[N+](=O)[O-].NCCCCC(N)C(=O)OCCCCO[N+](=O)[O-]. The minimum atomic E-state index is -1.19. The van der Waals surface area contributed by atoms with Crippen LogP contribution in [0.5, 0.6) is 0 Å². The number of nitrogens with zero attached hydrogens (tertiary/aromatic N) is 7. The molecule has 53 nitrogen and oxygen atoms in total. The fourth-order valence-corrected chi connectivity index (χ4v) is 8.05. The van der Waals surface area contributed by atoms with Gasteiger partial charge in [0.05, 0.1) is 72.4 Å². The monoisotopic (exact) mass is 1750 g/mol. The summed E-state index contributed by atoms with van der Waals surface area (Å²) in [5, 5.41) is 70.1. The van der Waals surface area contributed by atoms with Crippen LogP contribution in [0.3, 0.4) is 0 Å². The maximum atomic E-state index is 12.1. The molecule has 3 amide bonds. The lowest BCUT2D eigenvalue weighted by molar-refractivity contribution is -0.763. The number of amides is 3. The van der Waals surface area contributed by atoms with Crippen LogP contribution in [0.2, 0.25) is 0 Å². The zero-order chi connectivity index (χ0) is 93.2. The van der Waals surface area contributed by atoms with Gasteiger partial charge in [-0.2, -0.15) is 0 Å². The fraction of sp³-hybridized carbons (Fsp3) is 0.765. The zero-order valence-corrected chi connectivity index (χ0v) is 69.8. The van der Waals surface area contributed by atoms with E-state index in [1.165, 1.54) is 0 Å². The third-order valence-electron chi connectivity index (χ3n) is 13.8. The second-order valence-corrected chi connectivity index (χ2v) is 27.5. The van der Waals surface area contributed by atoms with E-state index in [2.05, 4.69) is 54.7 Å². The molecule has 698 valence electrons. The van der Waals surface area contributed by atoms with Crippen molar-refractivity contribution < 1.29 is 141 Å². The topological polar surface area (TPSA) is 809 Å². The maximum absolute atomic E-state index is 12.1. The average molecular weight is 1760 g/mol. The van der Waals surface area contributed by atoms with Crippen molar-refractivity contribution in [1.82, 2.24) is 16.0 Å². The molecule has 5 unspecified atom stereocenters. The first-order valence-electron chi connectivity index (χ1n) is 38.2. The number of alkyl carbamates (subject to hydrolysis) is 2. The molecule has 0 aliphatic heterocycles. The molecule has 0 heterocycles. The molecule has 0 spiro atoms. The summed E-state index contributed by atoms with van der Waals surface area (Å²) >= 11 is 0. The van der Waals surface area contributed by atoms with E-state index in [0.717, 1.165) is 18.4 Å². The molecule has 0 aliphatic carbocycles. The highest BCUT2D eigenvalue weighted by Gasteiger charge is 2.27. The van der Waals surface area contributed by atoms with E-state index in [-0.39, 0.29) is 97.0 Å². The number of hydrogen-bond donors (Lipinski definition) is 12. The Morgan fingerprint density at radius 2 is 0.760 bits per heavy atom. The van der Waals surface area contributed by atoms with E-state index < -0.39 is 126 Å². The molecule has 53 heteroatoms. The Morgan fingerprint density at radius 1 is 0.430 bits per heavy atom. The number of nitrogens with two attached hydrogens (primary N) is 8.